The fourth-order valence-corrected chi connectivity index (χ4v) is 3.37. The molecule has 0 aliphatic heterocycles. The Morgan fingerprint density at radius 2 is 1.89 bits per heavy atom. The van der Waals surface area contributed by atoms with Crippen LogP contribution < -0.4 is 11.2 Å². The van der Waals surface area contributed by atoms with Gasteiger partial charge >= 0.3 is 0 Å². The van der Waals surface area contributed by atoms with Crippen LogP contribution in [0.3, 0.4) is 0 Å². The Hall–Kier alpha value is -2.51. The van der Waals surface area contributed by atoms with E-state index in [0.29, 0.717) is 16.0 Å². The van der Waals surface area contributed by atoms with E-state index in [1.54, 1.807) is 12.1 Å². The van der Waals surface area contributed by atoms with Gasteiger partial charge < -0.3 is 11.2 Å². The average molecular weight is 402 g/mol. The summed E-state index contributed by atoms with van der Waals surface area (Å²) in [6.07, 6.45) is 0. The van der Waals surface area contributed by atoms with Gasteiger partial charge in [0.15, 0.2) is 5.82 Å². The van der Waals surface area contributed by atoms with Gasteiger partial charge in [-0.1, -0.05) is 35.5 Å². The van der Waals surface area contributed by atoms with Gasteiger partial charge in [-0.15, -0.1) is 10.2 Å². The molecule has 27 heavy (non-hydrogen) atoms. The van der Waals surface area contributed by atoms with Crippen LogP contribution in [0.2, 0.25) is 5.02 Å². The summed E-state index contributed by atoms with van der Waals surface area (Å²) < 4.78 is 1.38. The van der Waals surface area contributed by atoms with Crippen molar-refractivity contribution in [3.05, 3.63) is 58.6 Å². The van der Waals surface area contributed by atoms with Gasteiger partial charge in [-0.2, -0.15) is 0 Å². The van der Waals surface area contributed by atoms with Crippen molar-refractivity contribution in [2.24, 2.45) is 0 Å². The molecule has 3 aromatic rings. The summed E-state index contributed by atoms with van der Waals surface area (Å²) in [5.41, 5.74) is 3.71. The maximum Gasteiger partial charge on any atom is 0.237 e. The molecule has 2 aromatic carbocycles. The van der Waals surface area contributed by atoms with Gasteiger partial charge in [0.05, 0.1) is 5.25 Å². The smallest absolute Gasteiger partial charge is 0.237 e. The van der Waals surface area contributed by atoms with Crippen molar-refractivity contribution >= 4 is 35.0 Å². The molecule has 0 radical (unpaired) electrons. The lowest BCUT2D eigenvalue weighted by atomic mass is 10.1. The molecule has 1 heterocycles. The number of carbonyl (C=O) groups excluding carboxylic acids is 1. The average Bonchev–Trinajstić information content (AvgIpc) is 2.99. The van der Waals surface area contributed by atoms with Crippen molar-refractivity contribution in [2.45, 2.75) is 31.2 Å². The Bertz CT molecular complexity index is 971. The van der Waals surface area contributed by atoms with Crippen LogP contribution in [0.5, 0.6) is 0 Å². The highest BCUT2D eigenvalue weighted by Crippen LogP contribution is 2.26. The molecule has 8 heteroatoms. The lowest BCUT2D eigenvalue weighted by Gasteiger charge is -2.13. The number of benzene rings is 2. The zero-order valence-corrected chi connectivity index (χ0v) is 16.8. The molecule has 140 valence electrons. The molecule has 0 bridgehead atoms. The lowest BCUT2D eigenvalue weighted by molar-refractivity contribution is -0.115. The van der Waals surface area contributed by atoms with Gasteiger partial charge in [0.1, 0.15) is 0 Å². The molecule has 1 aromatic heterocycles. The number of hydrogen-bond donors (Lipinski definition) is 2. The molecule has 0 aliphatic carbocycles. The first-order valence-corrected chi connectivity index (χ1v) is 9.62. The van der Waals surface area contributed by atoms with Gasteiger partial charge in [-0.25, -0.2) is 4.68 Å². The van der Waals surface area contributed by atoms with E-state index >= 15 is 0 Å². The highest BCUT2D eigenvalue weighted by atomic mass is 35.5. The molecule has 0 saturated heterocycles. The van der Waals surface area contributed by atoms with E-state index in [0.717, 1.165) is 22.4 Å². The predicted molar refractivity (Wildman–Crippen MR) is 110 cm³/mol. The molecule has 1 atom stereocenters. The van der Waals surface area contributed by atoms with Crippen LogP contribution in [-0.4, -0.2) is 26.0 Å². The van der Waals surface area contributed by atoms with Crippen molar-refractivity contribution in [3.8, 4) is 11.4 Å². The van der Waals surface area contributed by atoms with E-state index in [1.165, 1.54) is 16.4 Å². The van der Waals surface area contributed by atoms with Gasteiger partial charge in [0.25, 0.3) is 0 Å². The van der Waals surface area contributed by atoms with Crippen LogP contribution in [0.15, 0.2) is 47.6 Å². The van der Waals surface area contributed by atoms with Crippen LogP contribution in [0.1, 0.15) is 18.1 Å². The van der Waals surface area contributed by atoms with E-state index < -0.39 is 5.25 Å². The first kappa shape index (κ1) is 19.3. The van der Waals surface area contributed by atoms with Crippen molar-refractivity contribution in [3.63, 3.8) is 0 Å². The minimum absolute atomic E-state index is 0.121. The molecule has 0 aliphatic rings. The number of nitrogens with one attached hydrogen (secondary N) is 1. The van der Waals surface area contributed by atoms with Crippen molar-refractivity contribution < 1.29 is 4.79 Å². The van der Waals surface area contributed by atoms with E-state index in [9.17, 15) is 4.79 Å². The summed E-state index contributed by atoms with van der Waals surface area (Å²) in [6.45, 7) is 5.76. The van der Waals surface area contributed by atoms with Gasteiger partial charge in [-0.05, 0) is 62.2 Å². The number of amides is 1. The summed E-state index contributed by atoms with van der Waals surface area (Å²) in [5, 5.41) is 11.9. The number of thioether (sulfide) groups is 1. The Morgan fingerprint density at radius 3 is 2.59 bits per heavy atom. The Balaban J connectivity index is 1.72. The number of hydrogen-bond acceptors (Lipinski definition) is 5. The second-order valence-corrected chi connectivity index (χ2v) is 8.00. The molecule has 0 saturated carbocycles. The van der Waals surface area contributed by atoms with Crippen LogP contribution in [0, 0.1) is 13.8 Å². The predicted octanol–water partition coefficient (Wildman–Crippen LogP) is 4.05. The normalized spacial score (nSPS) is 12.0. The first-order valence-electron chi connectivity index (χ1n) is 8.36. The highest BCUT2D eigenvalue weighted by Gasteiger charge is 2.20. The molecule has 0 spiro atoms. The minimum Gasteiger partial charge on any atom is -0.335 e. The summed E-state index contributed by atoms with van der Waals surface area (Å²) in [4.78, 5) is 12.6. The topological polar surface area (TPSA) is 85.8 Å². The second-order valence-electron chi connectivity index (χ2n) is 6.25. The lowest BCUT2D eigenvalue weighted by Crippen LogP contribution is -2.24. The van der Waals surface area contributed by atoms with Crippen LogP contribution in [0.25, 0.3) is 11.4 Å². The fourth-order valence-electron chi connectivity index (χ4n) is 2.47. The Morgan fingerprint density at radius 1 is 1.19 bits per heavy atom. The summed E-state index contributed by atoms with van der Waals surface area (Å²) in [6, 6.07) is 13.1. The quantitative estimate of drug-likeness (QED) is 0.497. The first-order chi connectivity index (χ1) is 12.8. The van der Waals surface area contributed by atoms with E-state index in [1.807, 2.05) is 51.1 Å². The summed E-state index contributed by atoms with van der Waals surface area (Å²) in [7, 11) is 0. The molecule has 1 amide bonds. The van der Waals surface area contributed by atoms with Crippen LogP contribution >= 0.6 is 23.4 Å². The monoisotopic (exact) mass is 401 g/mol. The maximum absolute atomic E-state index is 12.6. The summed E-state index contributed by atoms with van der Waals surface area (Å²) in [5.74, 6) is 6.51. The number of nitrogen functional groups attached to an aromatic ring is 1. The zero-order chi connectivity index (χ0) is 19.6. The molecule has 3 N–H and O–H groups in total. The summed E-state index contributed by atoms with van der Waals surface area (Å²) >= 11 is 7.16. The number of halogens is 1. The molecular weight excluding hydrogens is 382 g/mol. The molecule has 3 rings (SSSR count). The Labute approximate surface area is 167 Å². The number of aromatic nitrogens is 3. The minimum atomic E-state index is -0.394. The van der Waals surface area contributed by atoms with Gasteiger partial charge in [0.2, 0.25) is 11.1 Å². The van der Waals surface area contributed by atoms with Crippen molar-refractivity contribution in [2.75, 3.05) is 11.2 Å². The molecular formula is C19H20ClN5OS. The number of nitrogens with zero attached hydrogens (tertiary/aromatic N) is 3. The number of nitrogens with two attached hydrogens (primary N) is 1. The maximum atomic E-state index is 12.6. The standard InChI is InChI=1S/C19H20ClN5OS/c1-11-4-5-12(2)16(10-11)22-18(26)13(3)27-19-24-23-17(25(19)21)14-6-8-15(20)9-7-14/h4-10,13H,21H2,1-3H3,(H,22,26). The van der Waals surface area contributed by atoms with E-state index in [4.69, 9.17) is 17.4 Å². The van der Waals surface area contributed by atoms with Crippen LogP contribution in [0.4, 0.5) is 5.69 Å². The van der Waals surface area contributed by atoms with E-state index in [-0.39, 0.29) is 5.91 Å². The number of rotatable bonds is 5. The number of carbonyl (C=O) groups is 1. The SMILES string of the molecule is Cc1ccc(C)c(NC(=O)C(C)Sc2nnc(-c3ccc(Cl)cc3)n2N)c1. The molecule has 0 fully saturated rings. The zero-order valence-electron chi connectivity index (χ0n) is 15.2. The Kier molecular flexibility index (Phi) is 5.72. The fraction of sp³-hybridized carbons (Fsp3) is 0.211. The van der Waals surface area contributed by atoms with Gasteiger partial charge in [-0.3, -0.25) is 4.79 Å². The van der Waals surface area contributed by atoms with E-state index in [2.05, 4.69) is 15.5 Å². The second kappa shape index (κ2) is 8.02. The third-order valence-electron chi connectivity index (χ3n) is 4.07. The molecule has 6 nitrogen and oxygen atoms in total. The third-order valence-corrected chi connectivity index (χ3v) is 5.38. The molecule has 1 unspecified atom stereocenters. The third kappa shape index (κ3) is 4.43. The van der Waals surface area contributed by atoms with Gasteiger partial charge in [0, 0.05) is 16.3 Å². The van der Waals surface area contributed by atoms with Crippen LogP contribution in [-0.2, 0) is 4.79 Å². The van der Waals surface area contributed by atoms with Crippen molar-refractivity contribution in [1.29, 1.82) is 0 Å². The van der Waals surface area contributed by atoms with Crippen molar-refractivity contribution in [1.82, 2.24) is 14.9 Å². The number of aryl methyl sites for hydroxylation is 2. The highest BCUT2D eigenvalue weighted by molar-refractivity contribution is 8.00. The number of anilines is 1. The largest absolute Gasteiger partial charge is 0.335 e.